The average Bonchev–Trinajstić information content (AvgIpc) is 2.72. The molecule has 30 heavy (non-hydrogen) atoms. The highest BCUT2D eigenvalue weighted by Gasteiger charge is 2.26. The van der Waals surface area contributed by atoms with Crippen LogP contribution >= 0.6 is 0 Å². The molecular weight excluding hydrogens is 376 g/mol. The van der Waals surface area contributed by atoms with Gasteiger partial charge in [0.2, 0.25) is 0 Å². The molecule has 2 aromatic rings. The minimum absolute atomic E-state index is 0.0240. The molecule has 3 rings (SSSR count). The number of hydrogen-bond acceptors (Lipinski definition) is 2. The third-order valence-corrected chi connectivity index (χ3v) is 5.65. The highest BCUT2D eigenvalue weighted by Crippen LogP contribution is 2.07. The largest absolute Gasteiger partial charge is 0.327 e. The predicted molar refractivity (Wildman–Crippen MR) is 119 cm³/mol. The number of quaternary nitrogens is 2. The lowest BCUT2D eigenvalue weighted by Gasteiger charge is -2.32. The molecule has 1 aliphatic rings. The summed E-state index contributed by atoms with van der Waals surface area (Å²) in [6, 6.07) is 16.3. The molecule has 1 fully saturated rings. The number of nitrogens with zero attached hydrogens (tertiary/aromatic N) is 1. The van der Waals surface area contributed by atoms with Crippen LogP contribution in [0, 0.1) is 13.8 Å². The third kappa shape index (κ3) is 6.68. The van der Waals surface area contributed by atoms with Crippen LogP contribution in [0.4, 0.5) is 5.69 Å². The molecule has 1 atom stereocenters. The van der Waals surface area contributed by atoms with E-state index in [1.807, 2.05) is 36.1 Å². The molecule has 1 heterocycles. The van der Waals surface area contributed by atoms with Crippen molar-refractivity contribution in [2.45, 2.75) is 20.4 Å². The number of anilines is 1. The molecule has 6 heteroatoms. The molecule has 1 aliphatic heterocycles. The molecule has 2 aromatic carbocycles. The van der Waals surface area contributed by atoms with Gasteiger partial charge in [-0.1, -0.05) is 47.5 Å². The van der Waals surface area contributed by atoms with Crippen molar-refractivity contribution in [3.63, 3.8) is 0 Å². The van der Waals surface area contributed by atoms with Gasteiger partial charge in [-0.05, 0) is 26.0 Å². The van der Waals surface area contributed by atoms with E-state index in [1.165, 1.54) is 26.5 Å². The summed E-state index contributed by atoms with van der Waals surface area (Å²) in [5.41, 5.74) is 4.50. The van der Waals surface area contributed by atoms with Crippen molar-refractivity contribution in [2.75, 3.05) is 51.6 Å². The summed E-state index contributed by atoms with van der Waals surface area (Å²) in [5, 5.41) is 2.96. The Morgan fingerprint density at radius 1 is 0.967 bits per heavy atom. The maximum absolute atomic E-state index is 12.7. The Bertz CT molecular complexity index is 841. The first-order chi connectivity index (χ1) is 14.4. The molecule has 2 amide bonds. The van der Waals surface area contributed by atoms with Gasteiger partial charge in [0.05, 0.1) is 33.2 Å². The fraction of sp³-hybridized carbons (Fsp3) is 0.417. The third-order valence-electron chi connectivity index (χ3n) is 5.65. The quantitative estimate of drug-likeness (QED) is 0.586. The van der Waals surface area contributed by atoms with E-state index < -0.39 is 0 Å². The summed E-state index contributed by atoms with van der Waals surface area (Å²) in [6.45, 7) is 8.93. The minimum Gasteiger partial charge on any atom is -0.327 e. The number of carbonyl (C=O) groups is 2. The lowest BCUT2D eigenvalue weighted by atomic mass is 10.1. The molecule has 0 aliphatic carbocycles. The van der Waals surface area contributed by atoms with E-state index in [2.05, 4.69) is 43.6 Å². The van der Waals surface area contributed by atoms with Crippen LogP contribution in [0.2, 0.25) is 0 Å². The van der Waals surface area contributed by atoms with Gasteiger partial charge in [-0.3, -0.25) is 9.59 Å². The van der Waals surface area contributed by atoms with Crippen molar-refractivity contribution in [1.29, 1.82) is 0 Å². The number of likely N-dealkylation sites (N-methyl/N-ethyl adjacent to an activating group) is 1. The van der Waals surface area contributed by atoms with Crippen molar-refractivity contribution in [3.05, 3.63) is 65.2 Å². The standard InChI is InChI=1S/C24H32N4O2/c1-19-4-8-21(9-5-19)16-26(3)18-24(30)28-14-12-27(13-15-28)17-23(29)25-22-10-6-20(2)7-11-22/h4-11H,12-18H2,1-3H3,(H,25,29)/p+2. The van der Waals surface area contributed by atoms with Crippen molar-refractivity contribution in [3.8, 4) is 0 Å². The van der Waals surface area contributed by atoms with E-state index in [1.54, 1.807) is 0 Å². The van der Waals surface area contributed by atoms with Gasteiger partial charge in [-0.15, -0.1) is 0 Å². The van der Waals surface area contributed by atoms with E-state index in [9.17, 15) is 9.59 Å². The number of piperazine rings is 1. The lowest BCUT2D eigenvalue weighted by molar-refractivity contribution is -0.896. The first-order valence-electron chi connectivity index (χ1n) is 10.7. The molecule has 0 bridgehead atoms. The molecule has 0 aromatic heterocycles. The number of amides is 2. The summed E-state index contributed by atoms with van der Waals surface area (Å²) < 4.78 is 0. The molecule has 0 spiro atoms. The topological polar surface area (TPSA) is 58.3 Å². The smallest absolute Gasteiger partial charge is 0.279 e. The maximum atomic E-state index is 12.7. The first kappa shape index (κ1) is 22.0. The van der Waals surface area contributed by atoms with Crippen LogP contribution < -0.4 is 15.1 Å². The summed E-state index contributed by atoms with van der Waals surface area (Å²) in [7, 11) is 2.06. The summed E-state index contributed by atoms with van der Waals surface area (Å²) in [6.07, 6.45) is 0. The Morgan fingerprint density at radius 2 is 1.53 bits per heavy atom. The van der Waals surface area contributed by atoms with E-state index in [0.717, 1.165) is 25.3 Å². The summed E-state index contributed by atoms with van der Waals surface area (Å²) in [4.78, 5) is 29.3. The summed E-state index contributed by atoms with van der Waals surface area (Å²) >= 11 is 0. The van der Waals surface area contributed by atoms with Crippen LogP contribution in [0.1, 0.15) is 16.7 Å². The molecule has 6 nitrogen and oxygen atoms in total. The second-order valence-electron chi connectivity index (χ2n) is 8.52. The van der Waals surface area contributed by atoms with E-state index in [-0.39, 0.29) is 11.8 Å². The van der Waals surface area contributed by atoms with Gasteiger partial charge in [0.25, 0.3) is 11.8 Å². The van der Waals surface area contributed by atoms with Crippen molar-refractivity contribution < 1.29 is 19.4 Å². The fourth-order valence-corrected chi connectivity index (χ4v) is 3.81. The van der Waals surface area contributed by atoms with Crippen LogP contribution in [-0.4, -0.2) is 63.0 Å². The average molecular weight is 411 g/mol. The molecule has 1 saturated heterocycles. The molecule has 160 valence electrons. The molecule has 1 unspecified atom stereocenters. The number of benzene rings is 2. The normalized spacial score (nSPS) is 15.6. The molecule has 0 radical (unpaired) electrons. The van der Waals surface area contributed by atoms with E-state index in [4.69, 9.17) is 0 Å². The van der Waals surface area contributed by atoms with Crippen molar-refractivity contribution in [2.24, 2.45) is 0 Å². The maximum Gasteiger partial charge on any atom is 0.279 e. The first-order valence-corrected chi connectivity index (χ1v) is 10.7. The number of carbonyl (C=O) groups excluding carboxylic acids is 2. The fourth-order valence-electron chi connectivity index (χ4n) is 3.81. The lowest BCUT2D eigenvalue weighted by Crippen LogP contribution is -3.16. The highest BCUT2D eigenvalue weighted by atomic mass is 16.2. The Labute approximate surface area is 179 Å². The number of aryl methyl sites for hydroxylation is 2. The van der Waals surface area contributed by atoms with Gasteiger partial charge in [0, 0.05) is 11.3 Å². The van der Waals surface area contributed by atoms with Crippen LogP contribution in [0.25, 0.3) is 0 Å². The van der Waals surface area contributed by atoms with Gasteiger partial charge in [0.1, 0.15) is 6.54 Å². The van der Waals surface area contributed by atoms with Gasteiger partial charge in [-0.25, -0.2) is 0 Å². The highest BCUT2D eigenvalue weighted by molar-refractivity contribution is 5.91. The molecule has 0 saturated carbocycles. The molecular formula is C24H34N4O2+2. The van der Waals surface area contributed by atoms with Crippen molar-refractivity contribution >= 4 is 17.5 Å². The second kappa shape index (κ2) is 10.4. The number of hydrogen-bond donors (Lipinski definition) is 3. The minimum atomic E-state index is 0.0240. The van der Waals surface area contributed by atoms with E-state index >= 15 is 0 Å². The van der Waals surface area contributed by atoms with Gasteiger partial charge >= 0.3 is 0 Å². The SMILES string of the molecule is Cc1ccc(C[NH+](C)CC(=O)N2CC[NH+](CC(=O)Nc3ccc(C)cc3)CC2)cc1. The number of rotatable bonds is 7. The zero-order valence-corrected chi connectivity index (χ0v) is 18.3. The van der Waals surface area contributed by atoms with Gasteiger partial charge in [-0.2, -0.15) is 0 Å². The molecule has 3 N–H and O–H groups in total. The predicted octanol–water partition coefficient (Wildman–Crippen LogP) is -0.316. The van der Waals surface area contributed by atoms with Crippen LogP contribution in [0.3, 0.4) is 0 Å². The van der Waals surface area contributed by atoms with E-state index in [0.29, 0.717) is 26.2 Å². The Hall–Kier alpha value is -2.70. The van der Waals surface area contributed by atoms with Crippen molar-refractivity contribution in [1.82, 2.24) is 4.90 Å². The van der Waals surface area contributed by atoms with Crippen LogP contribution in [0.5, 0.6) is 0 Å². The van der Waals surface area contributed by atoms with Crippen LogP contribution in [-0.2, 0) is 16.1 Å². The summed E-state index contributed by atoms with van der Waals surface area (Å²) in [5.74, 6) is 0.221. The Balaban J connectivity index is 1.38. The van der Waals surface area contributed by atoms with Gasteiger partial charge < -0.3 is 20.0 Å². The second-order valence-corrected chi connectivity index (χ2v) is 8.52. The zero-order valence-electron chi connectivity index (χ0n) is 18.3. The Morgan fingerprint density at radius 3 is 2.13 bits per heavy atom. The monoisotopic (exact) mass is 410 g/mol. The number of nitrogens with one attached hydrogen (secondary N) is 3. The van der Waals surface area contributed by atoms with Gasteiger partial charge in [0.15, 0.2) is 13.1 Å². The Kier molecular flexibility index (Phi) is 7.60. The zero-order chi connectivity index (χ0) is 21.5. The van der Waals surface area contributed by atoms with Crippen LogP contribution in [0.15, 0.2) is 48.5 Å².